The number of urea groups is 1. The van der Waals surface area contributed by atoms with Gasteiger partial charge in [0.05, 0.1) is 24.3 Å². The summed E-state index contributed by atoms with van der Waals surface area (Å²) in [5.74, 6) is 0.730. The average Bonchev–Trinajstić information content (AvgIpc) is 3.20. The minimum absolute atomic E-state index is 0.260. The third-order valence-corrected chi connectivity index (χ3v) is 3.76. The molecule has 1 aliphatic rings. The van der Waals surface area contributed by atoms with Crippen LogP contribution in [0.15, 0.2) is 47.3 Å². The molecule has 0 spiro atoms. The molecular formula is C17H20N2O3. The van der Waals surface area contributed by atoms with E-state index in [1.807, 2.05) is 30.3 Å². The van der Waals surface area contributed by atoms with Crippen molar-refractivity contribution in [2.24, 2.45) is 0 Å². The Kier molecular flexibility index (Phi) is 4.63. The van der Waals surface area contributed by atoms with E-state index in [0.29, 0.717) is 12.2 Å². The van der Waals surface area contributed by atoms with Crippen molar-refractivity contribution < 1.29 is 13.9 Å². The van der Waals surface area contributed by atoms with Crippen molar-refractivity contribution in [1.82, 2.24) is 5.32 Å². The minimum Gasteiger partial charge on any atom is -0.488 e. The molecule has 2 amide bonds. The first-order valence-corrected chi connectivity index (χ1v) is 7.63. The van der Waals surface area contributed by atoms with Crippen LogP contribution in [0.3, 0.4) is 0 Å². The van der Waals surface area contributed by atoms with Gasteiger partial charge in [0, 0.05) is 12.1 Å². The molecule has 1 aromatic carbocycles. The number of hydrogen-bond donors (Lipinski definition) is 2. The summed E-state index contributed by atoms with van der Waals surface area (Å²) in [5, 5.41) is 5.63. The van der Waals surface area contributed by atoms with Gasteiger partial charge in [-0.05, 0) is 43.9 Å². The number of carbonyl (C=O) groups excluding carboxylic acids is 1. The number of amides is 2. The highest BCUT2D eigenvalue weighted by atomic mass is 16.5. The molecule has 2 aromatic rings. The van der Waals surface area contributed by atoms with Crippen molar-refractivity contribution in [3.8, 4) is 5.75 Å². The molecule has 5 nitrogen and oxygen atoms in total. The smallest absolute Gasteiger partial charge is 0.319 e. The summed E-state index contributed by atoms with van der Waals surface area (Å²) in [6.45, 7) is 0.425. The summed E-state index contributed by atoms with van der Waals surface area (Å²) in [6.07, 6.45) is 8.05. The van der Waals surface area contributed by atoms with Gasteiger partial charge in [-0.25, -0.2) is 4.79 Å². The largest absolute Gasteiger partial charge is 0.488 e. The van der Waals surface area contributed by atoms with E-state index < -0.39 is 0 Å². The average molecular weight is 300 g/mol. The highest BCUT2D eigenvalue weighted by Crippen LogP contribution is 2.29. The second-order valence-electron chi connectivity index (χ2n) is 5.46. The molecule has 116 valence electrons. The molecule has 2 N–H and O–H groups in total. The maximum Gasteiger partial charge on any atom is 0.319 e. The third kappa shape index (κ3) is 3.81. The molecule has 0 aliphatic heterocycles. The van der Waals surface area contributed by atoms with Crippen LogP contribution in [0.2, 0.25) is 0 Å². The highest BCUT2D eigenvalue weighted by Gasteiger charge is 2.18. The van der Waals surface area contributed by atoms with Crippen molar-refractivity contribution in [2.75, 3.05) is 5.32 Å². The molecule has 22 heavy (non-hydrogen) atoms. The van der Waals surface area contributed by atoms with Gasteiger partial charge in [-0.3, -0.25) is 0 Å². The van der Waals surface area contributed by atoms with Crippen molar-refractivity contribution in [3.05, 3.63) is 48.4 Å². The number of para-hydroxylation sites is 2. The molecule has 1 aromatic heterocycles. The Labute approximate surface area is 129 Å². The molecule has 1 fully saturated rings. The highest BCUT2D eigenvalue weighted by molar-refractivity contribution is 5.90. The first kappa shape index (κ1) is 14.5. The van der Waals surface area contributed by atoms with Crippen LogP contribution in [0.5, 0.6) is 5.75 Å². The number of rotatable bonds is 5. The van der Waals surface area contributed by atoms with Gasteiger partial charge in [0.15, 0.2) is 0 Å². The molecule has 5 heteroatoms. The molecule has 3 rings (SSSR count). The van der Waals surface area contributed by atoms with E-state index in [0.717, 1.165) is 24.2 Å². The predicted octanol–water partition coefficient (Wildman–Crippen LogP) is 3.92. The van der Waals surface area contributed by atoms with Gasteiger partial charge in [0.2, 0.25) is 0 Å². The van der Waals surface area contributed by atoms with Crippen LogP contribution < -0.4 is 15.4 Å². The standard InChI is InChI=1S/C17H20N2O3/c20-17(18-11-13-9-10-21-12-13)19-15-7-3-4-8-16(15)22-14-5-1-2-6-14/h3-4,7-10,12,14H,1-2,5-6,11H2,(H2,18,19,20). The number of hydrogen-bond acceptors (Lipinski definition) is 3. The van der Waals surface area contributed by atoms with E-state index in [4.69, 9.17) is 9.15 Å². The maximum absolute atomic E-state index is 12.0. The summed E-state index contributed by atoms with van der Waals surface area (Å²) >= 11 is 0. The van der Waals surface area contributed by atoms with E-state index in [-0.39, 0.29) is 12.1 Å². The Hall–Kier alpha value is -2.43. The fourth-order valence-corrected chi connectivity index (χ4v) is 2.60. The van der Waals surface area contributed by atoms with E-state index in [2.05, 4.69) is 10.6 Å². The second-order valence-corrected chi connectivity index (χ2v) is 5.46. The van der Waals surface area contributed by atoms with Gasteiger partial charge in [0.1, 0.15) is 5.75 Å². The van der Waals surface area contributed by atoms with Gasteiger partial charge in [0.25, 0.3) is 0 Å². The van der Waals surface area contributed by atoms with Crippen molar-refractivity contribution in [2.45, 2.75) is 38.3 Å². The van der Waals surface area contributed by atoms with Crippen molar-refractivity contribution >= 4 is 11.7 Å². The first-order chi connectivity index (χ1) is 10.8. The zero-order chi connectivity index (χ0) is 15.2. The normalized spacial score (nSPS) is 14.7. The fraction of sp³-hybridized carbons (Fsp3) is 0.353. The lowest BCUT2D eigenvalue weighted by Crippen LogP contribution is -2.28. The lowest BCUT2D eigenvalue weighted by atomic mass is 10.2. The number of nitrogens with one attached hydrogen (secondary N) is 2. The maximum atomic E-state index is 12.0. The van der Waals surface area contributed by atoms with Crippen molar-refractivity contribution in [1.29, 1.82) is 0 Å². The van der Waals surface area contributed by atoms with Gasteiger partial charge in [-0.1, -0.05) is 12.1 Å². The van der Waals surface area contributed by atoms with E-state index in [1.165, 1.54) is 12.8 Å². The predicted molar refractivity (Wildman–Crippen MR) is 83.9 cm³/mol. The quantitative estimate of drug-likeness (QED) is 0.879. The topological polar surface area (TPSA) is 63.5 Å². The van der Waals surface area contributed by atoms with Crippen LogP contribution in [-0.4, -0.2) is 12.1 Å². The summed E-state index contributed by atoms with van der Waals surface area (Å²) in [4.78, 5) is 12.0. The Balaban J connectivity index is 1.57. The van der Waals surface area contributed by atoms with E-state index in [9.17, 15) is 4.79 Å². The Morgan fingerprint density at radius 3 is 2.82 bits per heavy atom. The summed E-state index contributed by atoms with van der Waals surface area (Å²) in [5.41, 5.74) is 1.62. The lowest BCUT2D eigenvalue weighted by Gasteiger charge is -2.17. The van der Waals surface area contributed by atoms with Gasteiger partial charge in [-0.15, -0.1) is 0 Å². The number of anilines is 1. The molecule has 1 saturated carbocycles. The van der Waals surface area contributed by atoms with Crippen LogP contribution >= 0.6 is 0 Å². The number of benzene rings is 1. The van der Waals surface area contributed by atoms with Crippen LogP contribution in [-0.2, 0) is 6.54 Å². The third-order valence-electron chi connectivity index (χ3n) is 3.76. The summed E-state index contributed by atoms with van der Waals surface area (Å²) in [7, 11) is 0. The molecule has 0 unspecified atom stereocenters. The van der Waals surface area contributed by atoms with Crippen LogP contribution in [0.1, 0.15) is 31.2 Å². The monoisotopic (exact) mass is 300 g/mol. The Morgan fingerprint density at radius 2 is 2.05 bits per heavy atom. The van der Waals surface area contributed by atoms with Gasteiger partial charge in [-0.2, -0.15) is 0 Å². The van der Waals surface area contributed by atoms with E-state index >= 15 is 0 Å². The van der Waals surface area contributed by atoms with Crippen LogP contribution in [0.4, 0.5) is 10.5 Å². The number of carbonyl (C=O) groups is 1. The fourth-order valence-electron chi connectivity index (χ4n) is 2.60. The lowest BCUT2D eigenvalue weighted by molar-refractivity contribution is 0.211. The zero-order valence-electron chi connectivity index (χ0n) is 12.4. The van der Waals surface area contributed by atoms with Crippen molar-refractivity contribution in [3.63, 3.8) is 0 Å². The van der Waals surface area contributed by atoms with Gasteiger partial charge < -0.3 is 19.8 Å². The zero-order valence-corrected chi connectivity index (χ0v) is 12.4. The molecular weight excluding hydrogens is 280 g/mol. The summed E-state index contributed by atoms with van der Waals surface area (Å²) < 4.78 is 11.0. The number of furan rings is 1. The first-order valence-electron chi connectivity index (χ1n) is 7.63. The molecule has 0 saturated heterocycles. The molecule has 0 bridgehead atoms. The van der Waals surface area contributed by atoms with E-state index in [1.54, 1.807) is 12.5 Å². The second kappa shape index (κ2) is 7.02. The molecule has 0 radical (unpaired) electrons. The molecule has 1 aliphatic carbocycles. The van der Waals surface area contributed by atoms with Crippen LogP contribution in [0.25, 0.3) is 0 Å². The number of ether oxygens (including phenoxy) is 1. The summed E-state index contributed by atoms with van der Waals surface area (Å²) in [6, 6.07) is 9.10. The SMILES string of the molecule is O=C(NCc1ccoc1)Nc1ccccc1OC1CCCC1. The minimum atomic E-state index is -0.260. The van der Waals surface area contributed by atoms with Gasteiger partial charge >= 0.3 is 6.03 Å². The molecule has 0 atom stereocenters. The van der Waals surface area contributed by atoms with Crippen LogP contribution in [0, 0.1) is 0 Å². The Bertz CT molecular complexity index is 604. The molecule has 1 heterocycles. The Morgan fingerprint density at radius 1 is 1.23 bits per heavy atom.